The van der Waals surface area contributed by atoms with Crippen molar-refractivity contribution >= 4 is 16.1 Å². The van der Waals surface area contributed by atoms with Gasteiger partial charge in [0.05, 0.1) is 26.8 Å². The summed E-state index contributed by atoms with van der Waals surface area (Å²) < 4.78 is 26.6. The first-order valence-corrected chi connectivity index (χ1v) is 6.09. The van der Waals surface area contributed by atoms with Crippen molar-refractivity contribution in [2.45, 2.75) is 12.5 Å². The van der Waals surface area contributed by atoms with E-state index in [-0.39, 0.29) is 17.4 Å². The maximum absolute atomic E-state index is 10.9. The molecule has 0 unspecified atom stereocenters. The van der Waals surface area contributed by atoms with Crippen molar-refractivity contribution in [3.63, 3.8) is 0 Å². The van der Waals surface area contributed by atoms with E-state index >= 15 is 0 Å². The molecule has 15 heavy (non-hydrogen) atoms. The van der Waals surface area contributed by atoms with Crippen LogP contribution in [-0.4, -0.2) is 57.0 Å². The molecule has 1 atom stereocenters. The fraction of sp³-hybridized carbons (Fsp3) is 0.750. The van der Waals surface area contributed by atoms with Crippen molar-refractivity contribution in [1.29, 1.82) is 0 Å². The second-order valence-electron chi connectivity index (χ2n) is 4.14. The van der Waals surface area contributed by atoms with Crippen molar-refractivity contribution in [3.05, 3.63) is 7.05 Å². The molecule has 0 aromatic carbocycles. The van der Waals surface area contributed by atoms with Gasteiger partial charge in [0.15, 0.2) is 0 Å². The zero-order chi connectivity index (χ0) is 12.3. The van der Waals surface area contributed by atoms with Crippen molar-refractivity contribution in [2.75, 3.05) is 26.9 Å². The van der Waals surface area contributed by atoms with Crippen LogP contribution in [0, 0.1) is 7.05 Å². The average Bonchev–Trinajstić information content (AvgIpc) is 1.73. The summed E-state index contributed by atoms with van der Waals surface area (Å²) in [7, 11) is 3.52. The lowest BCUT2D eigenvalue weighted by atomic mass is 10.2. The minimum atomic E-state index is -3.64. The highest BCUT2D eigenvalue weighted by Gasteiger charge is 2.25. The Hall–Kier alpha value is -0.660. The third kappa shape index (κ3) is 9.64. The molecule has 0 heterocycles. The third-order valence-electron chi connectivity index (χ3n) is 1.41. The van der Waals surface area contributed by atoms with E-state index in [2.05, 4.69) is 11.2 Å². The first-order valence-electron chi connectivity index (χ1n) is 4.27. The highest BCUT2D eigenvalue weighted by molar-refractivity contribution is 7.86. The van der Waals surface area contributed by atoms with Crippen molar-refractivity contribution < 1.29 is 27.0 Å². The quantitative estimate of drug-likeness (QED) is 0.507. The van der Waals surface area contributed by atoms with Crippen molar-refractivity contribution in [1.82, 2.24) is 0 Å². The van der Waals surface area contributed by atoms with E-state index in [1.54, 1.807) is 14.1 Å². The summed E-state index contributed by atoms with van der Waals surface area (Å²) in [6.45, 7) is 0.208. The maximum Gasteiger partial charge on any atom is 0.306 e. The number of hydrogen-bond acceptors (Lipinski definition) is 4. The number of carboxylic acid groups (broad SMARTS) is 1. The molecule has 1 N–H and O–H groups in total. The van der Waals surface area contributed by atoms with Gasteiger partial charge >= 0.3 is 5.97 Å². The molecule has 0 aliphatic heterocycles. The van der Waals surface area contributed by atoms with Crippen LogP contribution in [0.3, 0.4) is 0 Å². The van der Waals surface area contributed by atoms with Gasteiger partial charge in [-0.3, -0.25) is 8.98 Å². The molecular formula is C8H17NO5S+. The monoisotopic (exact) mass is 239 g/mol. The molecule has 89 valence electrons. The van der Waals surface area contributed by atoms with Crippen LogP contribution in [0.15, 0.2) is 0 Å². The van der Waals surface area contributed by atoms with Gasteiger partial charge in [-0.25, -0.2) is 0 Å². The van der Waals surface area contributed by atoms with Crippen LogP contribution in [0.25, 0.3) is 0 Å². The Morgan fingerprint density at radius 1 is 1.53 bits per heavy atom. The fourth-order valence-electron chi connectivity index (χ4n) is 1.12. The predicted molar refractivity (Wildman–Crippen MR) is 54.3 cm³/mol. The van der Waals surface area contributed by atoms with Gasteiger partial charge < -0.3 is 9.59 Å². The van der Waals surface area contributed by atoms with Crippen LogP contribution in [0.5, 0.6) is 0 Å². The molecule has 0 aromatic heterocycles. The average molecular weight is 239 g/mol. The molecule has 7 heteroatoms. The lowest BCUT2D eigenvalue weighted by Crippen LogP contribution is -2.42. The smallest absolute Gasteiger partial charge is 0.306 e. The number of carbonyl (C=O) groups is 1. The Morgan fingerprint density at radius 2 is 2.00 bits per heavy atom. The van der Waals surface area contributed by atoms with Crippen LogP contribution in [0.1, 0.15) is 6.42 Å². The van der Waals surface area contributed by atoms with Gasteiger partial charge in [0.2, 0.25) is 0 Å². The molecule has 0 fully saturated rings. The zero-order valence-corrected chi connectivity index (χ0v) is 9.95. The van der Waals surface area contributed by atoms with Crippen molar-refractivity contribution in [3.8, 4) is 0 Å². The molecule has 6 nitrogen and oxygen atoms in total. The molecule has 1 radical (unpaired) electrons. The second-order valence-corrected chi connectivity index (χ2v) is 5.74. The summed E-state index contributed by atoms with van der Waals surface area (Å²) in [5.74, 6) is -1.10. The van der Waals surface area contributed by atoms with Crippen LogP contribution < -0.4 is 0 Å². The lowest BCUT2D eigenvalue weighted by molar-refractivity contribution is -0.848. The predicted octanol–water partition coefficient (Wildman–Crippen LogP) is -0.326. The van der Waals surface area contributed by atoms with E-state index in [0.29, 0.717) is 0 Å². The second kappa shape index (κ2) is 4.91. The molecule has 0 aliphatic carbocycles. The number of aliphatic carboxylic acids is 1. The Labute approximate surface area is 90.2 Å². The first-order chi connectivity index (χ1) is 6.49. The van der Waals surface area contributed by atoms with Gasteiger partial charge in [0, 0.05) is 0 Å². The van der Waals surface area contributed by atoms with E-state index in [9.17, 15) is 13.2 Å². The SMILES string of the molecule is [CH2][N+](C)(C)C[C@H](CC(=O)O)OS(C)(=O)=O. The normalized spacial score (nSPS) is 14.9. The maximum atomic E-state index is 10.9. The highest BCUT2D eigenvalue weighted by Crippen LogP contribution is 2.08. The standard InChI is InChI=1S/C8H17NO5S/c1-9(2,3)6-7(5-8(10)11)14-15(4,12)13/h7H,1,5-6H2,2-4H3,(H,10,11)/q+1/t7-/m0/s1. The number of nitrogens with zero attached hydrogens (tertiary/aromatic N) is 1. The number of carboxylic acids is 1. The van der Waals surface area contributed by atoms with E-state index in [1.807, 2.05) is 0 Å². The summed E-state index contributed by atoms with van der Waals surface area (Å²) in [4.78, 5) is 10.5. The van der Waals surface area contributed by atoms with Crippen LogP contribution in [0.4, 0.5) is 0 Å². The van der Waals surface area contributed by atoms with E-state index in [4.69, 9.17) is 5.11 Å². The number of likely N-dealkylation sites (N-methyl/N-ethyl adjacent to an activating group) is 1. The number of hydrogen-bond donors (Lipinski definition) is 1. The summed E-state index contributed by atoms with van der Waals surface area (Å²) in [5, 5.41) is 8.58. The molecule has 0 saturated heterocycles. The van der Waals surface area contributed by atoms with Crippen LogP contribution in [0.2, 0.25) is 0 Å². The molecule has 0 bridgehead atoms. The van der Waals surface area contributed by atoms with Crippen molar-refractivity contribution in [2.24, 2.45) is 0 Å². The molecule has 0 aliphatic rings. The third-order valence-corrected chi connectivity index (χ3v) is 2.03. The Kier molecular flexibility index (Phi) is 4.69. The van der Waals surface area contributed by atoms with Gasteiger partial charge in [-0.2, -0.15) is 8.42 Å². The highest BCUT2D eigenvalue weighted by atomic mass is 32.2. The minimum Gasteiger partial charge on any atom is -0.481 e. The van der Waals surface area contributed by atoms with Gasteiger partial charge in [-0.1, -0.05) is 0 Å². The van der Waals surface area contributed by atoms with Gasteiger partial charge in [0.25, 0.3) is 10.1 Å². The Bertz CT molecular complexity index is 316. The lowest BCUT2D eigenvalue weighted by Gasteiger charge is -2.27. The first kappa shape index (κ1) is 14.3. The Balaban J connectivity index is 4.53. The summed E-state index contributed by atoms with van der Waals surface area (Å²) in [5.41, 5.74) is 0. The number of rotatable bonds is 6. The largest absolute Gasteiger partial charge is 0.481 e. The van der Waals surface area contributed by atoms with E-state index < -0.39 is 22.2 Å². The summed E-state index contributed by atoms with van der Waals surface area (Å²) in [6.07, 6.45) is -0.347. The van der Waals surface area contributed by atoms with Crippen LogP contribution in [-0.2, 0) is 19.1 Å². The summed E-state index contributed by atoms with van der Waals surface area (Å²) >= 11 is 0. The van der Waals surface area contributed by atoms with Crippen LogP contribution >= 0.6 is 0 Å². The van der Waals surface area contributed by atoms with E-state index in [1.165, 1.54) is 0 Å². The minimum absolute atomic E-state index is 0.188. The summed E-state index contributed by atoms with van der Waals surface area (Å²) in [6, 6.07) is 0. The topological polar surface area (TPSA) is 80.7 Å². The molecular weight excluding hydrogens is 222 g/mol. The zero-order valence-electron chi connectivity index (χ0n) is 9.13. The van der Waals surface area contributed by atoms with E-state index in [0.717, 1.165) is 6.26 Å². The molecule has 0 saturated carbocycles. The molecule has 0 spiro atoms. The van der Waals surface area contributed by atoms with Gasteiger partial charge in [0.1, 0.15) is 19.7 Å². The molecule has 0 aromatic rings. The number of quaternary nitrogens is 1. The molecule has 0 amide bonds. The fourth-order valence-corrected chi connectivity index (χ4v) is 1.75. The van der Waals surface area contributed by atoms with Gasteiger partial charge in [-0.05, 0) is 0 Å². The Morgan fingerprint density at radius 3 is 2.27 bits per heavy atom. The molecule has 0 rings (SSSR count). The van der Waals surface area contributed by atoms with Gasteiger partial charge in [-0.15, -0.1) is 0 Å².